The van der Waals surface area contributed by atoms with Gasteiger partial charge in [0.2, 0.25) is 0 Å². The van der Waals surface area contributed by atoms with Gasteiger partial charge in [-0.3, -0.25) is 0 Å². The summed E-state index contributed by atoms with van der Waals surface area (Å²) in [6.07, 6.45) is 27.7. The van der Waals surface area contributed by atoms with E-state index in [0.29, 0.717) is 0 Å². The average molecular weight is 543 g/mol. The van der Waals surface area contributed by atoms with E-state index >= 15 is 0 Å². The molecule has 10 saturated carbocycles. The molecule has 0 aliphatic heterocycles. The lowest BCUT2D eigenvalue weighted by Crippen LogP contribution is -2.66. The fourth-order valence-corrected chi connectivity index (χ4v) is 18.5. The smallest absolute Gasteiger partial charge is 0.0165 e. The second-order valence-corrected chi connectivity index (χ2v) is 19.1. The third-order valence-corrected chi connectivity index (χ3v) is 18.6. The van der Waals surface area contributed by atoms with Gasteiger partial charge in [0.1, 0.15) is 0 Å². The maximum atomic E-state index is 2.90. The van der Waals surface area contributed by atoms with Gasteiger partial charge in [-0.1, -0.05) is 59.3 Å². The van der Waals surface area contributed by atoms with Crippen molar-refractivity contribution in [1.82, 2.24) is 0 Å². The van der Waals surface area contributed by atoms with Crippen molar-refractivity contribution in [1.29, 1.82) is 0 Å². The van der Waals surface area contributed by atoms with Crippen molar-refractivity contribution in [3.63, 3.8) is 0 Å². The molecule has 0 nitrogen and oxygen atoms in total. The quantitative estimate of drug-likeness (QED) is 0.309. The van der Waals surface area contributed by atoms with E-state index in [1.165, 1.54) is 17.8 Å². The van der Waals surface area contributed by atoms with Gasteiger partial charge in [0.05, 0.1) is 0 Å². The van der Waals surface area contributed by atoms with Gasteiger partial charge < -0.3 is 0 Å². The van der Waals surface area contributed by atoms with Crippen LogP contribution in [0.1, 0.15) is 130 Å². The van der Waals surface area contributed by atoms with Gasteiger partial charge >= 0.3 is 0 Å². The number of hydrogen-bond donors (Lipinski definition) is 0. The lowest BCUT2D eigenvalue weighted by atomic mass is 9.33. The lowest BCUT2D eigenvalue weighted by Gasteiger charge is -2.71. The molecule has 0 heterocycles. The maximum absolute atomic E-state index is 2.90. The average Bonchev–Trinajstić information content (AvgIpc) is 3.59. The summed E-state index contributed by atoms with van der Waals surface area (Å²) in [5.41, 5.74) is 0.792. The number of hydrogen-bond acceptors (Lipinski definition) is 0. The molecule has 222 valence electrons. The monoisotopic (exact) mass is 542 g/mol. The van der Waals surface area contributed by atoms with Gasteiger partial charge in [-0.05, 0) is 188 Å². The van der Waals surface area contributed by atoms with Crippen LogP contribution in [-0.4, -0.2) is 0 Å². The first kappa shape index (κ1) is 25.3. The van der Waals surface area contributed by atoms with E-state index in [1.54, 1.807) is 109 Å². The molecule has 10 rings (SSSR count). The van der Waals surface area contributed by atoms with E-state index < -0.39 is 0 Å². The Morgan fingerprint density at radius 1 is 0.475 bits per heavy atom. The predicted molar refractivity (Wildman–Crippen MR) is 164 cm³/mol. The first-order valence-corrected chi connectivity index (χ1v) is 19.6. The number of fused-ring (bicyclic) bond motifs is 9. The molecule has 10 aliphatic rings. The Balaban J connectivity index is 1.19. The minimum atomic E-state index is 0.792. The van der Waals surface area contributed by atoms with Crippen LogP contribution in [0.15, 0.2) is 0 Å². The van der Waals surface area contributed by atoms with Crippen LogP contribution in [0.4, 0.5) is 0 Å². The van der Waals surface area contributed by atoms with E-state index in [2.05, 4.69) is 20.8 Å². The summed E-state index contributed by atoms with van der Waals surface area (Å²) >= 11 is 0. The minimum absolute atomic E-state index is 0.792. The van der Waals surface area contributed by atoms with Gasteiger partial charge in [-0.2, -0.15) is 0 Å². The molecular weight excluding hydrogens is 480 g/mol. The van der Waals surface area contributed by atoms with Crippen molar-refractivity contribution in [2.45, 2.75) is 130 Å². The third-order valence-electron chi connectivity index (χ3n) is 18.6. The minimum Gasteiger partial charge on any atom is -0.0625 e. The van der Waals surface area contributed by atoms with Crippen LogP contribution in [0.2, 0.25) is 0 Å². The van der Waals surface area contributed by atoms with Gasteiger partial charge in [-0.15, -0.1) is 0 Å². The second kappa shape index (κ2) is 8.80. The van der Waals surface area contributed by atoms with Crippen molar-refractivity contribution < 1.29 is 0 Å². The Hall–Kier alpha value is 0. The summed E-state index contributed by atoms with van der Waals surface area (Å²) in [6.45, 7) is 8.14. The zero-order valence-electron chi connectivity index (χ0n) is 26.5. The van der Waals surface area contributed by atoms with Gasteiger partial charge in [-0.25, -0.2) is 0 Å². The molecule has 0 N–H and O–H groups in total. The predicted octanol–water partition coefficient (Wildman–Crippen LogP) is 10.5. The number of rotatable bonds is 1. The van der Waals surface area contributed by atoms with Crippen LogP contribution in [-0.2, 0) is 0 Å². The largest absolute Gasteiger partial charge is 0.0625 e. The van der Waals surface area contributed by atoms with E-state index in [9.17, 15) is 0 Å². The first-order valence-electron chi connectivity index (χ1n) is 19.6. The highest BCUT2D eigenvalue weighted by Gasteiger charge is 2.80. The zero-order valence-corrected chi connectivity index (χ0v) is 26.5. The van der Waals surface area contributed by atoms with Crippen molar-refractivity contribution in [3.05, 3.63) is 0 Å². The van der Waals surface area contributed by atoms with Gasteiger partial charge in [0.15, 0.2) is 0 Å². The highest BCUT2D eigenvalue weighted by molar-refractivity contribution is 5.27. The maximum Gasteiger partial charge on any atom is -0.0165 e. The molecule has 0 saturated heterocycles. The fourth-order valence-electron chi connectivity index (χ4n) is 18.5. The standard InChI is InChI=1S/C40H62/c1-21(2)24-19-25-18-23-16-17-30-27-11-5-7-13-29(27)34-31-14-8-9-15-33(31)40(39(23)36(30)34)37-22(3)26-10-4-6-12-28(26)35(37)32(20-24)38(25)40/h21-39H,4-20H2,1-3H3. The Morgan fingerprint density at radius 2 is 1.12 bits per heavy atom. The molecule has 0 aromatic heterocycles. The summed E-state index contributed by atoms with van der Waals surface area (Å²) < 4.78 is 0. The Labute approximate surface area is 247 Å². The van der Waals surface area contributed by atoms with Crippen LogP contribution in [0.3, 0.4) is 0 Å². The molecule has 0 aromatic carbocycles. The highest BCUT2D eigenvalue weighted by Crippen LogP contribution is 2.85. The van der Waals surface area contributed by atoms with Crippen LogP contribution in [0.25, 0.3) is 0 Å². The molecule has 40 heavy (non-hydrogen) atoms. The molecule has 10 fully saturated rings. The van der Waals surface area contributed by atoms with Crippen LogP contribution >= 0.6 is 0 Å². The molecular formula is C40H62. The summed E-state index contributed by atoms with van der Waals surface area (Å²) in [5, 5.41) is 0. The van der Waals surface area contributed by atoms with Gasteiger partial charge in [0, 0.05) is 0 Å². The Bertz CT molecular complexity index is 1010. The molecule has 0 amide bonds. The molecule has 10 aliphatic carbocycles. The van der Waals surface area contributed by atoms with Crippen LogP contribution in [0, 0.1) is 118 Å². The van der Waals surface area contributed by atoms with E-state index in [0.717, 1.165) is 100 Å². The topological polar surface area (TPSA) is 0 Å². The normalized spacial score (nSPS) is 64.5. The molecule has 0 radical (unpaired) electrons. The molecule has 1 spiro atoms. The fraction of sp³-hybridized carbons (Fsp3) is 1.00. The first-order chi connectivity index (χ1) is 19.6. The Morgan fingerprint density at radius 3 is 1.90 bits per heavy atom. The summed E-state index contributed by atoms with van der Waals surface area (Å²) in [5.74, 6) is 21.4. The van der Waals surface area contributed by atoms with E-state index in [-0.39, 0.29) is 0 Å². The van der Waals surface area contributed by atoms with Gasteiger partial charge in [0.25, 0.3) is 0 Å². The zero-order chi connectivity index (χ0) is 26.5. The van der Waals surface area contributed by atoms with Crippen molar-refractivity contribution in [2.24, 2.45) is 118 Å². The van der Waals surface area contributed by atoms with Crippen molar-refractivity contribution >= 4 is 0 Å². The lowest BCUT2D eigenvalue weighted by molar-refractivity contribution is -0.240. The van der Waals surface area contributed by atoms with Crippen LogP contribution < -0.4 is 0 Å². The highest BCUT2D eigenvalue weighted by atomic mass is 14.8. The summed E-state index contributed by atoms with van der Waals surface area (Å²) in [4.78, 5) is 0. The molecule has 0 heteroatoms. The molecule has 0 aromatic rings. The Kier molecular flexibility index (Phi) is 5.57. The van der Waals surface area contributed by atoms with E-state index in [1.807, 2.05) is 0 Å². The third kappa shape index (κ3) is 2.90. The van der Waals surface area contributed by atoms with Crippen molar-refractivity contribution in [2.75, 3.05) is 0 Å². The molecule has 19 unspecified atom stereocenters. The van der Waals surface area contributed by atoms with E-state index in [4.69, 9.17) is 0 Å². The SMILES string of the molecule is CC(C)C1CC2CC3CCC4C5CCCCC5C5C6CCCCC6C6(C2C(C1)C1C2CCCCC2C(C)C16)C3C45. The molecule has 0 bridgehead atoms. The van der Waals surface area contributed by atoms with Crippen molar-refractivity contribution in [3.8, 4) is 0 Å². The second-order valence-electron chi connectivity index (χ2n) is 19.1. The summed E-state index contributed by atoms with van der Waals surface area (Å²) in [7, 11) is 0. The van der Waals surface area contributed by atoms with Crippen LogP contribution in [0.5, 0.6) is 0 Å². The molecule has 19 atom stereocenters. The summed E-state index contributed by atoms with van der Waals surface area (Å²) in [6, 6.07) is 0.